The van der Waals surface area contributed by atoms with Crippen LogP contribution in [0.25, 0.3) is 0 Å². The summed E-state index contributed by atoms with van der Waals surface area (Å²) in [5, 5.41) is 3.01. The summed E-state index contributed by atoms with van der Waals surface area (Å²) in [7, 11) is 1.64. The topological polar surface area (TPSA) is 61.9 Å². The van der Waals surface area contributed by atoms with E-state index < -0.39 is 0 Å². The Morgan fingerprint density at radius 3 is 2.36 bits per heavy atom. The average Bonchev–Trinajstić information content (AvgIpc) is 3.02. The van der Waals surface area contributed by atoms with Gasteiger partial charge in [-0.1, -0.05) is 12.8 Å². The lowest BCUT2D eigenvalue weighted by molar-refractivity contribution is -0.133. The predicted molar refractivity (Wildman–Crippen MR) is 84.5 cm³/mol. The number of methoxy groups -OCH3 is 1. The summed E-state index contributed by atoms with van der Waals surface area (Å²) in [6, 6.07) is -0.0477. The van der Waals surface area contributed by atoms with Crippen molar-refractivity contribution in [2.75, 3.05) is 46.4 Å². The largest absolute Gasteiger partial charge is 0.383 e. The first kappa shape index (κ1) is 17.2. The average molecular weight is 311 g/mol. The van der Waals surface area contributed by atoms with Gasteiger partial charge in [0.25, 0.3) is 0 Å². The van der Waals surface area contributed by atoms with Crippen LogP contribution < -0.4 is 5.32 Å². The highest BCUT2D eigenvalue weighted by molar-refractivity contribution is 5.82. The smallest absolute Gasteiger partial charge is 0.237 e. The number of nitrogens with one attached hydrogen (secondary N) is 1. The second kappa shape index (κ2) is 8.48. The molecule has 6 nitrogen and oxygen atoms in total. The molecular formula is C16H29N3O3. The van der Waals surface area contributed by atoms with Crippen LogP contribution in [0.15, 0.2) is 0 Å². The molecule has 0 aromatic carbocycles. The maximum atomic E-state index is 12.6. The molecule has 1 N–H and O–H groups in total. The number of amides is 2. The zero-order valence-corrected chi connectivity index (χ0v) is 13.8. The van der Waals surface area contributed by atoms with Crippen LogP contribution in [0.3, 0.4) is 0 Å². The van der Waals surface area contributed by atoms with Crippen LogP contribution in [-0.4, -0.2) is 74.1 Å². The number of nitrogens with zero attached hydrogens (tertiary/aromatic N) is 2. The molecule has 1 atom stereocenters. The quantitative estimate of drug-likeness (QED) is 0.725. The van der Waals surface area contributed by atoms with Crippen molar-refractivity contribution in [2.24, 2.45) is 5.92 Å². The molecular weight excluding hydrogens is 282 g/mol. The monoisotopic (exact) mass is 311 g/mol. The van der Waals surface area contributed by atoms with Crippen molar-refractivity contribution in [1.82, 2.24) is 15.1 Å². The van der Waals surface area contributed by atoms with Gasteiger partial charge in [-0.25, -0.2) is 0 Å². The predicted octanol–water partition coefficient (Wildman–Crippen LogP) is 0.472. The Hall–Kier alpha value is -1.14. The summed E-state index contributed by atoms with van der Waals surface area (Å²) < 4.78 is 5.01. The highest BCUT2D eigenvalue weighted by Gasteiger charge is 2.36. The lowest BCUT2D eigenvalue weighted by Gasteiger charge is -2.40. The number of ether oxygens (including phenoxy) is 1. The van der Waals surface area contributed by atoms with Crippen LogP contribution >= 0.6 is 0 Å². The molecule has 2 aliphatic rings. The Morgan fingerprint density at radius 2 is 1.82 bits per heavy atom. The fourth-order valence-electron chi connectivity index (χ4n) is 3.65. The molecule has 1 aliphatic heterocycles. The molecule has 2 amide bonds. The normalized spacial score (nSPS) is 21.8. The van der Waals surface area contributed by atoms with Gasteiger partial charge in [0, 0.05) is 46.8 Å². The van der Waals surface area contributed by atoms with Crippen molar-refractivity contribution in [2.45, 2.75) is 38.6 Å². The minimum atomic E-state index is -0.0477. The molecule has 0 bridgehead atoms. The highest BCUT2D eigenvalue weighted by Crippen LogP contribution is 2.31. The fourth-order valence-corrected chi connectivity index (χ4v) is 3.65. The first-order chi connectivity index (χ1) is 10.6. The molecule has 2 fully saturated rings. The molecule has 1 aliphatic carbocycles. The zero-order chi connectivity index (χ0) is 15.9. The van der Waals surface area contributed by atoms with E-state index in [2.05, 4.69) is 10.2 Å². The van der Waals surface area contributed by atoms with E-state index in [0.29, 0.717) is 19.1 Å². The first-order valence-electron chi connectivity index (χ1n) is 8.39. The second-order valence-corrected chi connectivity index (χ2v) is 6.32. The van der Waals surface area contributed by atoms with E-state index >= 15 is 0 Å². The Kier molecular flexibility index (Phi) is 6.64. The maximum absolute atomic E-state index is 12.6. The number of hydrogen-bond acceptors (Lipinski definition) is 4. The summed E-state index contributed by atoms with van der Waals surface area (Å²) in [6.07, 6.45) is 4.71. The Balaban J connectivity index is 1.95. The van der Waals surface area contributed by atoms with Crippen molar-refractivity contribution in [3.63, 3.8) is 0 Å². The molecule has 1 saturated carbocycles. The molecule has 1 saturated heterocycles. The van der Waals surface area contributed by atoms with Crippen LogP contribution in [-0.2, 0) is 14.3 Å². The van der Waals surface area contributed by atoms with Crippen molar-refractivity contribution in [3.05, 3.63) is 0 Å². The van der Waals surface area contributed by atoms with Gasteiger partial charge in [0.1, 0.15) is 0 Å². The van der Waals surface area contributed by atoms with Gasteiger partial charge in [0.05, 0.1) is 12.6 Å². The van der Waals surface area contributed by atoms with Gasteiger partial charge in [-0.05, 0) is 18.8 Å². The van der Waals surface area contributed by atoms with Crippen LogP contribution in [0.4, 0.5) is 0 Å². The van der Waals surface area contributed by atoms with Gasteiger partial charge in [-0.15, -0.1) is 0 Å². The SMILES string of the molecule is COCCNC(=O)[C@@H](C1CCCC1)N1CCN(C(C)=O)CC1. The second-order valence-electron chi connectivity index (χ2n) is 6.32. The number of carbonyl (C=O) groups excluding carboxylic acids is 2. The summed E-state index contributed by atoms with van der Waals surface area (Å²) in [5.74, 6) is 0.702. The molecule has 0 aromatic heterocycles. The van der Waals surface area contributed by atoms with E-state index in [1.165, 1.54) is 12.8 Å². The standard InChI is InChI=1S/C16H29N3O3/c1-13(20)18-8-10-19(11-9-18)15(14-5-3-4-6-14)16(21)17-7-12-22-2/h14-15H,3-12H2,1-2H3,(H,17,21)/t15-/m1/s1. The van der Waals surface area contributed by atoms with Gasteiger partial charge in [-0.2, -0.15) is 0 Å². The summed E-state index contributed by atoms with van der Waals surface area (Å²) in [6.45, 7) is 5.75. The van der Waals surface area contributed by atoms with E-state index in [4.69, 9.17) is 4.74 Å². The maximum Gasteiger partial charge on any atom is 0.237 e. The molecule has 0 aromatic rings. The number of carbonyl (C=O) groups is 2. The third-order valence-electron chi connectivity index (χ3n) is 4.87. The van der Waals surface area contributed by atoms with Crippen LogP contribution in [0.2, 0.25) is 0 Å². The lowest BCUT2D eigenvalue weighted by Crippen LogP contribution is -2.58. The van der Waals surface area contributed by atoms with E-state index in [1.807, 2.05) is 4.90 Å². The van der Waals surface area contributed by atoms with Crippen LogP contribution in [0.5, 0.6) is 0 Å². The molecule has 0 radical (unpaired) electrons. The van der Waals surface area contributed by atoms with Crippen LogP contribution in [0, 0.1) is 5.92 Å². The lowest BCUT2D eigenvalue weighted by atomic mass is 9.95. The van der Waals surface area contributed by atoms with Crippen LogP contribution in [0.1, 0.15) is 32.6 Å². The Bertz CT molecular complexity index is 375. The number of hydrogen-bond donors (Lipinski definition) is 1. The minimum Gasteiger partial charge on any atom is -0.383 e. The van der Waals surface area contributed by atoms with Crippen molar-refractivity contribution in [3.8, 4) is 0 Å². The Morgan fingerprint density at radius 1 is 1.18 bits per heavy atom. The number of piperazine rings is 1. The van der Waals surface area contributed by atoms with E-state index in [-0.39, 0.29) is 17.9 Å². The molecule has 0 unspecified atom stereocenters. The number of rotatable bonds is 6. The molecule has 1 heterocycles. The third-order valence-corrected chi connectivity index (χ3v) is 4.87. The molecule has 2 rings (SSSR count). The van der Waals surface area contributed by atoms with Gasteiger partial charge in [0.15, 0.2) is 0 Å². The summed E-state index contributed by atoms with van der Waals surface area (Å²) in [4.78, 5) is 28.2. The van der Waals surface area contributed by atoms with Crippen molar-refractivity contribution >= 4 is 11.8 Å². The van der Waals surface area contributed by atoms with E-state index in [0.717, 1.165) is 39.0 Å². The van der Waals surface area contributed by atoms with Gasteiger partial charge < -0.3 is 15.0 Å². The van der Waals surface area contributed by atoms with Crippen molar-refractivity contribution < 1.29 is 14.3 Å². The van der Waals surface area contributed by atoms with E-state index in [9.17, 15) is 9.59 Å². The highest BCUT2D eigenvalue weighted by atomic mass is 16.5. The molecule has 22 heavy (non-hydrogen) atoms. The minimum absolute atomic E-state index is 0.0477. The molecule has 126 valence electrons. The van der Waals surface area contributed by atoms with Gasteiger partial charge in [-0.3, -0.25) is 14.5 Å². The fraction of sp³-hybridized carbons (Fsp3) is 0.875. The molecule has 6 heteroatoms. The first-order valence-corrected chi connectivity index (χ1v) is 8.39. The van der Waals surface area contributed by atoms with Crippen molar-refractivity contribution in [1.29, 1.82) is 0 Å². The Labute approximate surface area is 133 Å². The van der Waals surface area contributed by atoms with Gasteiger partial charge in [0.2, 0.25) is 11.8 Å². The summed E-state index contributed by atoms with van der Waals surface area (Å²) in [5.41, 5.74) is 0. The third kappa shape index (κ3) is 4.43. The summed E-state index contributed by atoms with van der Waals surface area (Å²) >= 11 is 0. The molecule has 0 spiro atoms. The zero-order valence-electron chi connectivity index (χ0n) is 13.8. The van der Waals surface area contributed by atoms with E-state index in [1.54, 1.807) is 14.0 Å². The van der Waals surface area contributed by atoms with Gasteiger partial charge >= 0.3 is 0 Å².